The summed E-state index contributed by atoms with van der Waals surface area (Å²) in [6.07, 6.45) is 4.64. The van der Waals surface area contributed by atoms with Gasteiger partial charge in [-0.2, -0.15) is 0 Å². The zero-order valence-electron chi connectivity index (χ0n) is 8.26. The molecule has 1 heterocycles. The fraction of sp³-hybridized carbons (Fsp3) is 0.500. The number of fused-ring (bicyclic) bond motifs is 1. The third kappa shape index (κ3) is 2.11. The van der Waals surface area contributed by atoms with Gasteiger partial charge in [0.1, 0.15) is 5.75 Å². The Labute approximate surface area is 93.6 Å². The van der Waals surface area contributed by atoms with Crippen molar-refractivity contribution in [3.63, 3.8) is 0 Å². The third-order valence-corrected chi connectivity index (χ3v) is 3.16. The second kappa shape index (κ2) is 4.83. The Kier molecular flexibility index (Phi) is 3.46. The van der Waals surface area contributed by atoms with Gasteiger partial charge in [0, 0.05) is 5.33 Å². The van der Waals surface area contributed by atoms with E-state index in [1.807, 2.05) is 0 Å². The first-order chi connectivity index (χ1) is 6.92. The fourth-order valence-electron chi connectivity index (χ4n) is 1.91. The molecule has 0 spiro atoms. The summed E-state index contributed by atoms with van der Waals surface area (Å²) in [5.41, 5.74) is 2.77. The average Bonchev–Trinajstić information content (AvgIpc) is 2.26. The minimum absolute atomic E-state index is 0.887. The van der Waals surface area contributed by atoms with E-state index in [1.165, 1.54) is 29.7 Å². The van der Waals surface area contributed by atoms with Gasteiger partial charge in [-0.1, -0.05) is 34.1 Å². The van der Waals surface area contributed by atoms with Crippen LogP contribution < -0.4 is 4.74 Å². The predicted octanol–water partition coefficient (Wildman–Crippen LogP) is 3.34. The number of alkyl halides is 1. The lowest BCUT2D eigenvalue weighted by atomic mass is 10.00. The largest absolute Gasteiger partial charge is 0.493 e. The molecule has 76 valence electrons. The molecule has 0 bridgehead atoms. The van der Waals surface area contributed by atoms with Crippen LogP contribution in [0.4, 0.5) is 0 Å². The van der Waals surface area contributed by atoms with Crippen molar-refractivity contribution in [3.8, 4) is 5.75 Å². The standard InChI is InChI=1S/C12H15BrO/c13-8-2-6-10-4-1-5-11-7-3-9-14-12(10)11/h1,4-5H,2-3,6-9H2. The molecule has 1 aromatic rings. The molecule has 2 heteroatoms. The lowest BCUT2D eigenvalue weighted by Crippen LogP contribution is -2.10. The van der Waals surface area contributed by atoms with E-state index in [-0.39, 0.29) is 0 Å². The molecule has 1 aliphatic heterocycles. The molecule has 0 aliphatic carbocycles. The van der Waals surface area contributed by atoms with Gasteiger partial charge >= 0.3 is 0 Å². The number of hydrogen-bond acceptors (Lipinski definition) is 1. The van der Waals surface area contributed by atoms with Crippen LogP contribution in [0.5, 0.6) is 5.75 Å². The van der Waals surface area contributed by atoms with E-state index in [0.29, 0.717) is 0 Å². The normalized spacial score (nSPS) is 14.6. The lowest BCUT2D eigenvalue weighted by molar-refractivity contribution is 0.285. The van der Waals surface area contributed by atoms with Crippen LogP contribution in [0.15, 0.2) is 18.2 Å². The predicted molar refractivity (Wildman–Crippen MR) is 62.4 cm³/mol. The zero-order chi connectivity index (χ0) is 9.80. The first-order valence-electron chi connectivity index (χ1n) is 5.21. The highest BCUT2D eigenvalue weighted by molar-refractivity contribution is 9.09. The first kappa shape index (κ1) is 10.0. The van der Waals surface area contributed by atoms with Crippen LogP contribution in [-0.2, 0) is 12.8 Å². The van der Waals surface area contributed by atoms with Crippen molar-refractivity contribution in [2.45, 2.75) is 25.7 Å². The molecule has 0 aromatic heterocycles. The first-order valence-corrected chi connectivity index (χ1v) is 6.33. The van der Waals surface area contributed by atoms with Crippen molar-refractivity contribution >= 4 is 15.9 Å². The van der Waals surface area contributed by atoms with Gasteiger partial charge in [0.2, 0.25) is 0 Å². The number of aryl methyl sites for hydroxylation is 2. The van der Waals surface area contributed by atoms with Crippen LogP contribution in [0.1, 0.15) is 24.0 Å². The Morgan fingerprint density at radius 2 is 2.29 bits per heavy atom. The van der Waals surface area contributed by atoms with Crippen molar-refractivity contribution < 1.29 is 4.74 Å². The smallest absolute Gasteiger partial charge is 0.125 e. The monoisotopic (exact) mass is 254 g/mol. The molecule has 2 rings (SSSR count). The molecule has 14 heavy (non-hydrogen) atoms. The van der Waals surface area contributed by atoms with Gasteiger partial charge in [0.25, 0.3) is 0 Å². The Hall–Kier alpha value is -0.500. The van der Waals surface area contributed by atoms with Crippen molar-refractivity contribution in [1.29, 1.82) is 0 Å². The minimum Gasteiger partial charge on any atom is -0.493 e. The van der Waals surface area contributed by atoms with E-state index in [0.717, 1.165) is 24.8 Å². The number of ether oxygens (including phenoxy) is 1. The molecule has 1 aromatic carbocycles. The minimum atomic E-state index is 0.887. The average molecular weight is 255 g/mol. The Bertz CT molecular complexity index is 309. The van der Waals surface area contributed by atoms with Gasteiger partial charge < -0.3 is 4.74 Å². The molecule has 0 radical (unpaired) electrons. The summed E-state index contributed by atoms with van der Waals surface area (Å²) in [7, 11) is 0. The maximum absolute atomic E-state index is 5.74. The maximum atomic E-state index is 5.74. The Morgan fingerprint density at radius 1 is 1.36 bits per heavy atom. The van der Waals surface area contributed by atoms with E-state index < -0.39 is 0 Å². The van der Waals surface area contributed by atoms with E-state index in [9.17, 15) is 0 Å². The van der Waals surface area contributed by atoms with Crippen LogP contribution in [-0.4, -0.2) is 11.9 Å². The number of halogens is 1. The van der Waals surface area contributed by atoms with E-state index in [1.54, 1.807) is 0 Å². The molecule has 0 amide bonds. The summed E-state index contributed by atoms with van der Waals surface area (Å²) >= 11 is 3.46. The molecule has 0 saturated heterocycles. The number of hydrogen-bond donors (Lipinski definition) is 0. The van der Waals surface area contributed by atoms with Crippen LogP contribution in [0.3, 0.4) is 0 Å². The van der Waals surface area contributed by atoms with Crippen molar-refractivity contribution in [1.82, 2.24) is 0 Å². The number of para-hydroxylation sites is 1. The van der Waals surface area contributed by atoms with Crippen LogP contribution in [0.25, 0.3) is 0 Å². The highest BCUT2D eigenvalue weighted by Gasteiger charge is 2.13. The molecular weight excluding hydrogens is 240 g/mol. The SMILES string of the molecule is BrCCCc1cccc2c1OCCC2. The Morgan fingerprint density at radius 3 is 3.14 bits per heavy atom. The van der Waals surface area contributed by atoms with Crippen LogP contribution >= 0.6 is 15.9 Å². The molecule has 0 fully saturated rings. The van der Waals surface area contributed by atoms with Gasteiger partial charge in [-0.05, 0) is 36.8 Å². The third-order valence-electron chi connectivity index (χ3n) is 2.59. The highest BCUT2D eigenvalue weighted by atomic mass is 79.9. The fourth-order valence-corrected chi connectivity index (χ4v) is 2.19. The van der Waals surface area contributed by atoms with Crippen molar-refractivity contribution in [3.05, 3.63) is 29.3 Å². The second-order valence-corrected chi connectivity index (χ2v) is 4.44. The Balaban J connectivity index is 2.21. The quantitative estimate of drug-likeness (QED) is 0.753. The van der Waals surface area contributed by atoms with Gasteiger partial charge in [-0.25, -0.2) is 0 Å². The molecule has 0 N–H and O–H groups in total. The number of benzene rings is 1. The summed E-state index contributed by atoms with van der Waals surface area (Å²) in [5.74, 6) is 1.17. The van der Waals surface area contributed by atoms with Gasteiger partial charge in [0.15, 0.2) is 0 Å². The molecule has 0 atom stereocenters. The highest BCUT2D eigenvalue weighted by Crippen LogP contribution is 2.29. The van der Waals surface area contributed by atoms with E-state index >= 15 is 0 Å². The molecule has 0 unspecified atom stereocenters. The van der Waals surface area contributed by atoms with Crippen molar-refractivity contribution in [2.75, 3.05) is 11.9 Å². The van der Waals surface area contributed by atoms with E-state index in [4.69, 9.17) is 4.74 Å². The molecule has 0 saturated carbocycles. The maximum Gasteiger partial charge on any atom is 0.125 e. The van der Waals surface area contributed by atoms with Crippen molar-refractivity contribution in [2.24, 2.45) is 0 Å². The summed E-state index contributed by atoms with van der Waals surface area (Å²) in [6, 6.07) is 6.52. The molecule has 1 aliphatic rings. The van der Waals surface area contributed by atoms with Gasteiger partial charge in [-0.3, -0.25) is 0 Å². The summed E-state index contributed by atoms with van der Waals surface area (Å²) in [6.45, 7) is 0.887. The molecule has 1 nitrogen and oxygen atoms in total. The second-order valence-electron chi connectivity index (χ2n) is 3.65. The van der Waals surface area contributed by atoms with Gasteiger partial charge in [0.05, 0.1) is 6.61 Å². The van der Waals surface area contributed by atoms with Gasteiger partial charge in [-0.15, -0.1) is 0 Å². The summed E-state index contributed by atoms with van der Waals surface area (Å²) in [4.78, 5) is 0. The summed E-state index contributed by atoms with van der Waals surface area (Å²) in [5, 5.41) is 1.07. The number of rotatable bonds is 3. The van der Waals surface area contributed by atoms with Crippen LogP contribution in [0.2, 0.25) is 0 Å². The summed E-state index contributed by atoms with van der Waals surface area (Å²) < 4.78 is 5.74. The molecular formula is C12H15BrO. The topological polar surface area (TPSA) is 9.23 Å². The lowest BCUT2D eigenvalue weighted by Gasteiger charge is -2.20. The zero-order valence-corrected chi connectivity index (χ0v) is 9.85. The van der Waals surface area contributed by atoms with E-state index in [2.05, 4.69) is 34.1 Å². The van der Waals surface area contributed by atoms with Crippen LogP contribution in [0, 0.1) is 0 Å².